The Morgan fingerprint density at radius 3 is 2.63 bits per heavy atom. The number of benzene rings is 1. The highest BCUT2D eigenvalue weighted by molar-refractivity contribution is 5.67. The molecule has 0 radical (unpaired) electrons. The number of allylic oxidation sites excluding steroid dienone is 2. The van der Waals surface area contributed by atoms with E-state index in [2.05, 4.69) is 12.2 Å². The number of likely N-dealkylation sites (tertiary alicyclic amines) is 1. The molecule has 1 saturated heterocycles. The molecule has 3 heteroatoms. The average molecular weight is 259 g/mol. The van der Waals surface area contributed by atoms with Crippen molar-refractivity contribution in [3.05, 3.63) is 48.0 Å². The van der Waals surface area contributed by atoms with E-state index < -0.39 is 0 Å². The lowest BCUT2D eigenvalue weighted by Gasteiger charge is -2.29. The van der Waals surface area contributed by atoms with Gasteiger partial charge in [0.25, 0.3) is 0 Å². The maximum Gasteiger partial charge on any atom is 0.410 e. The molecule has 1 heterocycles. The van der Waals surface area contributed by atoms with Gasteiger partial charge in [0.2, 0.25) is 0 Å². The molecule has 1 aliphatic rings. The molecule has 1 amide bonds. The third kappa shape index (κ3) is 4.12. The second kappa shape index (κ2) is 6.98. The van der Waals surface area contributed by atoms with Crippen LogP contribution in [0.2, 0.25) is 0 Å². The fourth-order valence-electron chi connectivity index (χ4n) is 2.36. The molecule has 102 valence electrons. The average Bonchev–Trinajstić information content (AvgIpc) is 2.47. The molecule has 2 rings (SSSR count). The quantitative estimate of drug-likeness (QED) is 0.776. The Balaban J connectivity index is 1.75. The van der Waals surface area contributed by atoms with E-state index in [4.69, 9.17) is 4.74 Å². The van der Waals surface area contributed by atoms with Crippen LogP contribution in [-0.4, -0.2) is 24.1 Å². The van der Waals surface area contributed by atoms with Crippen LogP contribution in [0.1, 0.15) is 25.3 Å². The van der Waals surface area contributed by atoms with Crippen molar-refractivity contribution in [1.82, 2.24) is 4.90 Å². The van der Waals surface area contributed by atoms with Gasteiger partial charge in [-0.3, -0.25) is 0 Å². The first kappa shape index (κ1) is 13.7. The highest BCUT2D eigenvalue weighted by atomic mass is 16.6. The SMILES string of the molecule is CC=CC1CCN(C(=O)OCc2ccccc2)CC1. The third-order valence-corrected chi connectivity index (χ3v) is 3.47. The monoisotopic (exact) mass is 259 g/mol. The lowest BCUT2D eigenvalue weighted by atomic mass is 9.97. The molecular weight excluding hydrogens is 238 g/mol. The first-order valence-electron chi connectivity index (χ1n) is 6.88. The van der Waals surface area contributed by atoms with Crippen LogP contribution >= 0.6 is 0 Å². The summed E-state index contributed by atoms with van der Waals surface area (Å²) in [4.78, 5) is 13.7. The van der Waals surface area contributed by atoms with Crippen molar-refractivity contribution in [2.24, 2.45) is 5.92 Å². The number of hydrogen-bond donors (Lipinski definition) is 0. The predicted octanol–water partition coefficient (Wildman–Crippen LogP) is 3.61. The molecule has 19 heavy (non-hydrogen) atoms. The van der Waals surface area contributed by atoms with Gasteiger partial charge >= 0.3 is 6.09 Å². The first-order chi connectivity index (χ1) is 9.29. The summed E-state index contributed by atoms with van der Waals surface area (Å²) in [5.41, 5.74) is 1.03. The molecule has 0 aromatic heterocycles. The Bertz CT molecular complexity index is 420. The highest BCUT2D eigenvalue weighted by Crippen LogP contribution is 2.19. The van der Waals surface area contributed by atoms with Crippen LogP contribution < -0.4 is 0 Å². The van der Waals surface area contributed by atoms with Crippen molar-refractivity contribution in [1.29, 1.82) is 0 Å². The van der Waals surface area contributed by atoms with Crippen LogP contribution in [0.15, 0.2) is 42.5 Å². The Labute approximate surface area is 114 Å². The molecule has 0 N–H and O–H groups in total. The number of piperidine rings is 1. The third-order valence-electron chi connectivity index (χ3n) is 3.47. The Kier molecular flexibility index (Phi) is 5.01. The van der Waals surface area contributed by atoms with E-state index in [1.807, 2.05) is 42.2 Å². The van der Waals surface area contributed by atoms with Crippen LogP contribution in [0.3, 0.4) is 0 Å². The molecule has 0 unspecified atom stereocenters. The lowest BCUT2D eigenvalue weighted by molar-refractivity contribution is 0.0854. The zero-order valence-corrected chi connectivity index (χ0v) is 11.4. The molecule has 1 aromatic carbocycles. The van der Waals surface area contributed by atoms with E-state index in [0.717, 1.165) is 31.5 Å². The molecule has 1 fully saturated rings. The zero-order chi connectivity index (χ0) is 13.5. The van der Waals surface area contributed by atoms with Gasteiger partial charge in [0.05, 0.1) is 0 Å². The van der Waals surface area contributed by atoms with Crippen LogP contribution in [0, 0.1) is 5.92 Å². The number of hydrogen-bond acceptors (Lipinski definition) is 2. The van der Waals surface area contributed by atoms with Crippen molar-refractivity contribution < 1.29 is 9.53 Å². The Morgan fingerprint density at radius 2 is 2.00 bits per heavy atom. The Morgan fingerprint density at radius 1 is 1.32 bits per heavy atom. The van der Waals surface area contributed by atoms with Gasteiger partial charge in [0.15, 0.2) is 0 Å². The van der Waals surface area contributed by atoms with E-state index in [0.29, 0.717) is 12.5 Å². The number of nitrogens with zero attached hydrogens (tertiary/aromatic N) is 1. The molecule has 0 saturated carbocycles. The van der Waals surface area contributed by atoms with Crippen molar-refractivity contribution in [2.45, 2.75) is 26.4 Å². The lowest BCUT2D eigenvalue weighted by Crippen LogP contribution is -2.38. The Hall–Kier alpha value is -1.77. The molecule has 0 spiro atoms. The molecule has 0 atom stereocenters. The van der Waals surface area contributed by atoms with E-state index in [-0.39, 0.29) is 6.09 Å². The number of carbonyl (C=O) groups excluding carboxylic acids is 1. The fraction of sp³-hybridized carbons (Fsp3) is 0.438. The number of ether oxygens (including phenoxy) is 1. The van der Waals surface area contributed by atoms with Gasteiger partial charge < -0.3 is 9.64 Å². The molecule has 0 aliphatic carbocycles. The number of carbonyl (C=O) groups is 1. The van der Waals surface area contributed by atoms with Gasteiger partial charge in [-0.1, -0.05) is 42.5 Å². The molecule has 1 aromatic rings. The van der Waals surface area contributed by atoms with Gasteiger partial charge in [-0.15, -0.1) is 0 Å². The van der Waals surface area contributed by atoms with E-state index in [1.165, 1.54) is 0 Å². The maximum absolute atomic E-state index is 11.9. The van der Waals surface area contributed by atoms with Gasteiger partial charge in [0, 0.05) is 13.1 Å². The van der Waals surface area contributed by atoms with E-state index in [1.54, 1.807) is 0 Å². The zero-order valence-electron chi connectivity index (χ0n) is 11.4. The van der Waals surface area contributed by atoms with Crippen molar-refractivity contribution in [3.8, 4) is 0 Å². The molecule has 1 aliphatic heterocycles. The highest BCUT2D eigenvalue weighted by Gasteiger charge is 2.22. The number of rotatable bonds is 3. The van der Waals surface area contributed by atoms with Crippen molar-refractivity contribution in [2.75, 3.05) is 13.1 Å². The molecule has 3 nitrogen and oxygen atoms in total. The summed E-state index contributed by atoms with van der Waals surface area (Å²) in [7, 11) is 0. The standard InChI is InChI=1S/C16H21NO2/c1-2-6-14-9-11-17(12-10-14)16(18)19-13-15-7-4-3-5-8-15/h2-8,14H,9-13H2,1H3. The summed E-state index contributed by atoms with van der Waals surface area (Å²) in [6.07, 6.45) is 6.19. The van der Waals surface area contributed by atoms with E-state index >= 15 is 0 Å². The maximum atomic E-state index is 11.9. The van der Waals surface area contributed by atoms with Crippen LogP contribution in [0.4, 0.5) is 4.79 Å². The normalized spacial score (nSPS) is 16.8. The summed E-state index contributed by atoms with van der Waals surface area (Å²) < 4.78 is 5.33. The summed E-state index contributed by atoms with van der Waals surface area (Å²) in [6, 6.07) is 9.78. The summed E-state index contributed by atoms with van der Waals surface area (Å²) in [6.45, 7) is 3.99. The van der Waals surface area contributed by atoms with Gasteiger partial charge in [-0.2, -0.15) is 0 Å². The summed E-state index contributed by atoms with van der Waals surface area (Å²) in [5, 5.41) is 0. The number of amides is 1. The smallest absolute Gasteiger partial charge is 0.410 e. The molecule has 0 bridgehead atoms. The predicted molar refractivity (Wildman–Crippen MR) is 75.7 cm³/mol. The van der Waals surface area contributed by atoms with Gasteiger partial charge in [0.1, 0.15) is 6.61 Å². The summed E-state index contributed by atoms with van der Waals surface area (Å²) in [5.74, 6) is 0.614. The minimum Gasteiger partial charge on any atom is -0.445 e. The van der Waals surface area contributed by atoms with Crippen molar-refractivity contribution >= 4 is 6.09 Å². The second-order valence-electron chi connectivity index (χ2n) is 4.89. The minimum atomic E-state index is -0.192. The van der Waals surface area contributed by atoms with Crippen LogP contribution in [-0.2, 0) is 11.3 Å². The largest absolute Gasteiger partial charge is 0.445 e. The van der Waals surface area contributed by atoms with Crippen LogP contribution in [0.5, 0.6) is 0 Å². The van der Waals surface area contributed by atoms with Crippen LogP contribution in [0.25, 0.3) is 0 Å². The van der Waals surface area contributed by atoms with Gasteiger partial charge in [-0.25, -0.2) is 4.79 Å². The van der Waals surface area contributed by atoms with Gasteiger partial charge in [-0.05, 0) is 31.2 Å². The van der Waals surface area contributed by atoms with Crippen molar-refractivity contribution in [3.63, 3.8) is 0 Å². The van der Waals surface area contributed by atoms with E-state index in [9.17, 15) is 4.79 Å². The fourth-order valence-corrected chi connectivity index (χ4v) is 2.36. The molecular formula is C16H21NO2. The minimum absolute atomic E-state index is 0.192. The second-order valence-corrected chi connectivity index (χ2v) is 4.89. The topological polar surface area (TPSA) is 29.5 Å². The summed E-state index contributed by atoms with van der Waals surface area (Å²) >= 11 is 0. The first-order valence-corrected chi connectivity index (χ1v) is 6.88.